The molecule has 6 aromatic carbocycles. The van der Waals surface area contributed by atoms with Crippen LogP contribution in [0, 0.1) is 0 Å². The highest BCUT2D eigenvalue weighted by Gasteiger charge is 2.30. The average molecular weight is 1270 g/mol. The summed E-state index contributed by atoms with van der Waals surface area (Å²) in [5.41, 5.74) is 6.39. The maximum absolute atomic E-state index is 12.9. The molecule has 482 valence electrons. The van der Waals surface area contributed by atoms with E-state index in [9.17, 15) is 15.3 Å². The molecule has 0 spiro atoms. The molecular weight excluding hydrogens is 1190 g/mol. The van der Waals surface area contributed by atoms with Gasteiger partial charge in [0.1, 0.15) is 46.3 Å². The Morgan fingerprint density at radius 3 is 1.19 bits per heavy atom. The third kappa shape index (κ3) is 11.4. The van der Waals surface area contributed by atoms with Gasteiger partial charge in [-0.2, -0.15) is 9.97 Å². The molecule has 0 saturated carbocycles. The number of fused-ring (bicyclic) bond motifs is 6. The Bertz CT molecular complexity index is 4950. The number of aromatic nitrogens is 6. The van der Waals surface area contributed by atoms with Crippen LogP contribution in [0.2, 0.25) is 0 Å². The van der Waals surface area contributed by atoms with Gasteiger partial charge in [0.2, 0.25) is 17.6 Å². The molecule has 94 heavy (non-hydrogen) atoms. The van der Waals surface area contributed by atoms with Gasteiger partial charge < -0.3 is 73.1 Å². The van der Waals surface area contributed by atoms with Crippen molar-refractivity contribution in [1.29, 1.82) is 0 Å². The lowest BCUT2D eigenvalue weighted by molar-refractivity contribution is 0.355. The summed E-state index contributed by atoms with van der Waals surface area (Å²) in [6, 6.07) is 34.3. The van der Waals surface area contributed by atoms with E-state index in [-0.39, 0.29) is 36.9 Å². The van der Waals surface area contributed by atoms with Crippen LogP contribution in [-0.4, -0.2) is 130 Å². The third-order valence-electron chi connectivity index (χ3n) is 17.3. The number of nitrogens with one attached hydrogen (secondary N) is 1. The van der Waals surface area contributed by atoms with Crippen molar-refractivity contribution in [2.24, 2.45) is 0 Å². The van der Waals surface area contributed by atoms with Gasteiger partial charge in [0.15, 0.2) is 34.5 Å². The fourth-order valence-electron chi connectivity index (χ4n) is 12.6. The molecule has 21 nitrogen and oxygen atoms in total. The number of aromatic hydroxyl groups is 3. The van der Waals surface area contributed by atoms with Crippen molar-refractivity contribution in [3.63, 3.8) is 0 Å². The van der Waals surface area contributed by atoms with Crippen LogP contribution in [0.15, 0.2) is 109 Å². The topological polar surface area (TPSA) is 240 Å². The second-order valence-corrected chi connectivity index (χ2v) is 22.6. The van der Waals surface area contributed by atoms with E-state index in [0.717, 1.165) is 38.0 Å². The summed E-state index contributed by atoms with van der Waals surface area (Å²) >= 11 is 0. The maximum atomic E-state index is 12.9. The number of hydrogen-bond donors (Lipinski definition) is 4. The summed E-state index contributed by atoms with van der Waals surface area (Å²) in [5, 5.41) is 47.1. The molecule has 0 radical (unpaired) electrons. The minimum Gasteiger partial charge on any atom is -0.497 e. The normalized spacial score (nSPS) is 11.4. The molecule has 12 aromatic rings. The Kier molecular flexibility index (Phi) is 17.5. The van der Waals surface area contributed by atoms with E-state index in [1.165, 1.54) is 0 Å². The zero-order valence-electron chi connectivity index (χ0n) is 54.7. The smallest absolute Gasteiger partial charge is 0.217 e. The summed E-state index contributed by atoms with van der Waals surface area (Å²) in [4.78, 5) is 34.5. The van der Waals surface area contributed by atoms with Gasteiger partial charge in [-0.1, -0.05) is 13.8 Å². The Labute approximate surface area is 543 Å². The van der Waals surface area contributed by atoms with E-state index in [0.29, 0.717) is 166 Å². The fourth-order valence-corrected chi connectivity index (χ4v) is 12.6. The zero-order valence-corrected chi connectivity index (χ0v) is 54.7. The molecule has 4 N–H and O–H groups in total. The largest absolute Gasteiger partial charge is 0.497 e. The lowest BCUT2D eigenvalue weighted by atomic mass is 9.96. The number of methoxy groups -OCH3 is 9. The molecule has 0 unspecified atom stereocenters. The van der Waals surface area contributed by atoms with Gasteiger partial charge in [-0.15, -0.1) is 0 Å². The van der Waals surface area contributed by atoms with Crippen LogP contribution in [0.5, 0.6) is 69.4 Å². The van der Waals surface area contributed by atoms with Crippen molar-refractivity contribution in [1.82, 2.24) is 29.9 Å². The summed E-state index contributed by atoms with van der Waals surface area (Å²) in [6.45, 7) is 4.41. The Hall–Kier alpha value is -11.2. The summed E-state index contributed by atoms with van der Waals surface area (Å²) in [7, 11) is 17.9. The number of benzene rings is 6. The SMILES string of the molecule is CCCN(c1nc2ccc(OC)cc2cc1Cc1c(O)nc(N(C)c2nc3ccc(OC)cc3cc2Cc2c(O)nc(CC)c3cc(OC)c(OC)cc23)c2cc(OC)c(OC)cc12)c1nc(O)c(Cc2cc3cc(OC)ccc3nc2NC)c2cc(OC)c(OC)cc12. The van der Waals surface area contributed by atoms with Gasteiger partial charge >= 0.3 is 0 Å². The maximum Gasteiger partial charge on any atom is 0.217 e. The van der Waals surface area contributed by atoms with E-state index >= 15 is 0 Å². The lowest BCUT2D eigenvalue weighted by Gasteiger charge is -2.28. The predicted molar refractivity (Wildman–Crippen MR) is 367 cm³/mol. The minimum absolute atomic E-state index is 0.0544. The van der Waals surface area contributed by atoms with Crippen LogP contribution in [-0.2, 0) is 25.7 Å². The van der Waals surface area contributed by atoms with Crippen molar-refractivity contribution < 1.29 is 58.0 Å². The molecule has 0 atom stereocenters. The van der Waals surface area contributed by atoms with E-state index in [2.05, 4.69) is 12.2 Å². The monoisotopic (exact) mass is 1270 g/mol. The third-order valence-corrected chi connectivity index (χ3v) is 17.3. The Morgan fingerprint density at radius 1 is 0.383 bits per heavy atom. The molecule has 0 aliphatic carbocycles. The van der Waals surface area contributed by atoms with E-state index in [4.69, 9.17) is 72.5 Å². The number of pyridine rings is 6. The van der Waals surface area contributed by atoms with Crippen molar-refractivity contribution in [3.8, 4) is 69.4 Å². The lowest BCUT2D eigenvalue weighted by Crippen LogP contribution is -2.23. The molecule has 0 aliphatic heterocycles. The average Bonchev–Trinajstić information content (AvgIpc) is 0.752. The van der Waals surface area contributed by atoms with Crippen LogP contribution >= 0.6 is 0 Å². The molecule has 0 fully saturated rings. The van der Waals surface area contributed by atoms with Crippen LogP contribution in [0.25, 0.3) is 65.0 Å². The quantitative estimate of drug-likeness (QED) is 0.0465. The van der Waals surface area contributed by atoms with Gasteiger partial charge in [0.05, 0.1) is 86.2 Å². The number of nitrogens with zero attached hydrogens (tertiary/aromatic N) is 8. The minimum atomic E-state index is -0.290. The molecule has 0 saturated heterocycles. The fraction of sp³-hybridized carbons (Fsp3) is 0.260. The zero-order chi connectivity index (χ0) is 66.2. The molecule has 12 rings (SSSR count). The Morgan fingerprint density at radius 2 is 0.755 bits per heavy atom. The summed E-state index contributed by atoms with van der Waals surface area (Å²) in [6.07, 6.45) is 1.58. The molecule has 6 heterocycles. The van der Waals surface area contributed by atoms with Gasteiger partial charge in [-0.05, 0) is 144 Å². The number of anilines is 5. The molecule has 0 aliphatic rings. The van der Waals surface area contributed by atoms with Gasteiger partial charge in [0, 0.05) is 100 Å². The highest BCUT2D eigenvalue weighted by atomic mass is 16.5. The van der Waals surface area contributed by atoms with Gasteiger partial charge in [0.25, 0.3) is 0 Å². The van der Waals surface area contributed by atoms with Gasteiger partial charge in [-0.3, -0.25) is 0 Å². The predicted octanol–water partition coefficient (Wildman–Crippen LogP) is 13.9. The van der Waals surface area contributed by atoms with Crippen LogP contribution in [0.3, 0.4) is 0 Å². The highest BCUT2D eigenvalue weighted by molar-refractivity contribution is 6.03. The number of hydrogen-bond acceptors (Lipinski definition) is 21. The second kappa shape index (κ2) is 26.2. The first-order chi connectivity index (χ1) is 45.6. The van der Waals surface area contributed by atoms with Crippen LogP contribution in [0.1, 0.15) is 59.3 Å². The van der Waals surface area contributed by atoms with Crippen LogP contribution in [0.4, 0.5) is 29.1 Å². The molecule has 0 bridgehead atoms. The molecular formula is C73H73N9O12. The standard InChI is InChI=1S/C73H73N9O12/c1-14-22-82(70-52-37-65(94-13)62(91-10)34-49(52)53(73(85)80-70)29-41-23-38-26-44(86-5)16-19-57(38)75-66(41)74-3)68-43(25-40-28-46(88-7)18-21-59(40)77-68)31-55-48-33-61(90-9)64(93-12)36-51(48)69(79-72(55)84)81(4)67-42(24-39-27-45(87-6)17-20-58(39)76-67)30-54-47-32-60(89-8)63(92-11)35-50(47)56(15-2)78-71(54)83/h16-21,23-28,32-37H,14-15,22,29-31H2,1-13H3,(H,74,75)(H,78,83)(H,79,84)(H,80,85). The number of aryl methyl sites for hydroxylation is 1. The van der Waals surface area contributed by atoms with Gasteiger partial charge in [-0.25, -0.2) is 19.9 Å². The number of ether oxygens (including phenoxy) is 9. The first kappa shape index (κ1) is 63.0. The molecule has 21 heteroatoms. The number of rotatable bonds is 23. The Balaban J connectivity index is 1.05. The van der Waals surface area contributed by atoms with Crippen molar-refractivity contribution in [2.45, 2.75) is 46.0 Å². The second-order valence-electron chi connectivity index (χ2n) is 22.6. The highest BCUT2D eigenvalue weighted by Crippen LogP contribution is 2.48. The molecule has 6 aromatic heterocycles. The summed E-state index contributed by atoms with van der Waals surface area (Å²) in [5.74, 6) is 6.30. The summed E-state index contributed by atoms with van der Waals surface area (Å²) < 4.78 is 52.5. The van der Waals surface area contributed by atoms with Crippen molar-refractivity contribution in [2.75, 3.05) is 99.7 Å². The van der Waals surface area contributed by atoms with E-state index in [1.807, 2.05) is 140 Å². The first-order valence-electron chi connectivity index (χ1n) is 30.6. The van der Waals surface area contributed by atoms with Crippen molar-refractivity contribution >= 4 is 94.1 Å². The van der Waals surface area contributed by atoms with E-state index < -0.39 is 0 Å². The van der Waals surface area contributed by atoms with Crippen molar-refractivity contribution in [3.05, 3.63) is 148 Å². The van der Waals surface area contributed by atoms with E-state index in [1.54, 1.807) is 64.0 Å². The molecule has 0 amide bonds. The van der Waals surface area contributed by atoms with Crippen LogP contribution < -0.4 is 57.7 Å². The first-order valence-corrected chi connectivity index (χ1v) is 30.6.